The molecule has 0 radical (unpaired) electrons. The third-order valence-electron chi connectivity index (χ3n) is 1.73. The first kappa shape index (κ1) is 10.9. The van der Waals surface area contributed by atoms with E-state index in [9.17, 15) is 4.79 Å². The van der Waals surface area contributed by atoms with Gasteiger partial charge in [-0.25, -0.2) is 0 Å². The van der Waals surface area contributed by atoms with Crippen molar-refractivity contribution in [2.75, 3.05) is 0 Å². The number of ketones is 1. The van der Waals surface area contributed by atoms with Crippen LogP contribution >= 0.6 is 0 Å². The predicted molar refractivity (Wildman–Crippen MR) is 59.9 cm³/mol. The normalized spacial score (nSPS) is 10.6. The number of hydrogen-bond acceptors (Lipinski definition) is 2. The van der Waals surface area contributed by atoms with Crippen LogP contribution in [-0.2, 0) is 4.79 Å². The molecule has 0 fully saturated rings. The minimum absolute atomic E-state index is 0.0598. The van der Waals surface area contributed by atoms with Gasteiger partial charge in [-0.2, -0.15) is 5.26 Å². The first-order chi connectivity index (χ1) is 7.33. The number of carbonyl (C=O) groups excluding carboxylic acids is 1. The molecule has 15 heavy (non-hydrogen) atoms. The zero-order chi connectivity index (χ0) is 10.9. The Hall–Kier alpha value is -2.14. The summed E-state index contributed by atoms with van der Waals surface area (Å²) in [4.78, 5) is 10.9. The molecular weight excluding hydrogens is 186 g/mol. The molecule has 0 saturated carbocycles. The number of rotatable bonds is 4. The van der Waals surface area contributed by atoms with Gasteiger partial charge in [0.1, 0.15) is 0 Å². The summed E-state index contributed by atoms with van der Waals surface area (Å²) in [5, 5.41) is 8.25. The molecule has 1 rings (SSSR count). The molecule has 0 amide bonds. The van der Waals surface area contributed by atoms with Crippen molar-refractivity contribution in [3.05, 3.63) is 54.1 Å². The highest BCUT2D eigenvalue weighted by Gasteiger charge is 1.90. The van der Waals surface area contributed by atoms with E-state index in [0.29, 0.717) is 0 Å². The number of benzene rings is 1. The second kappa shape index (κ2) is 6.33. The smallest absolute Gasteiger partial charge is 0.169 e. The van der Waals surface area contributed by atoms with Crippen molar-refractivity contribution in [1.29, 1.82) is 5.26 Å². The molecule has 0 heterocycles. The van der Waals surface area contributed by atoms with Crippen LogP contribution in [0, 0.1) is 11.3 Å². The monoisotopic (exact) mass is 197 g/mol. The van der Waals surface area contributed by atoms with Crippen LogP contribution in [-0.4, -0.2) is 5.78 Å². The largest absolute Gasteiger partial charge is 0.294 e. The summed E-state index contributed by atoms with van der Waals surface area (Å²) in [7, 11) is 0. The van der Waals surface area contributed by atoms with Gasteiger partial charge in [-0.05, 0) is 11.6 Å². The molecular formula is C13H11NO. The van der Waals surface area contributed by atoms with Crippen molar-refractivity contribution >= 4 is 11.9 Å². The van der Waals surface area contributed by atoms with Crippen LogP contribution in [0.2, 0.25) is 0 Å². The van der Waals surface area contributed by atoms with Gasteiger partial charge in [0, 0.05) is 0 Å². The standard InChI is InChI=1S/C13H11NO/c14-11-10-13(15)9-5-4-8-12-6-2-1-3-7-12/h1-9H,10H2/b8-4+,9-5+. The minimum atomic E-state index is -0.171. The van der Waals surface area contributed by atoms with E-state index in [1.807, 2.05) is 36.4 Å². The Kier molecular flexibility index (Phi) is 4.62. The quantitative estimate of drug-likeness (QED) is 0.550. The van der Waals surface area contributed by atoms with Crippen molar-refractivity contribution < 1.29 is 4.79 Å². The first-order valence-corrected chi connectivity index (χ1v) is 4.62. The summed E-state index contributed by atoms with van der Waals surface area (Å²) < 4.78 is 0. The van der Waals surface area contributed by atoms with Crippen LogP contribution in [0.1, 0.15) is 12.0 Å². The second-order valence-corrected chi connectivity index (χ2v) is 2.93. The summed E-state index contributed by atoms with van der Waals surface area (Å²) in [5.74, 6) is -0.171. The average molecular weight is 197 g/mol. The lowest BCUT2D eigenvalue weighted by Gasteiger charge is -1.88. The van der Waals surface area contributed by atoms with Crippen molar-refractivity contribution in [2.24, 2.45) is 0 Å². The minimum Gasteiger partial charge on any atom is -0.294 e. The van der Waals surface area contributed by atoms with Gasteiger partial charge in [0.05, 0.1) is 12.5 Å². The van der Waals surface area contributed by atoms with Crippen LogP contribution in [0.3, 0.4) is 0 Å². The molecule has 0 bridgehead atoms. The molecule has 0 aliphatic carbocycles. The van der Waals surface area contributed by atoms with Gasteiger partial charge in [-0.1, -0.05) is 48.6 Å². The number of carbonyl (C=O) groups is 1. The zero-order valence-electron chi connectivity index (χ0n) is 8.26. The highest BCUT2D eigenvalue weighted by molar-refractivity contribution is 5.91. The van der Waals surface area contributed by atoms with E-state index in [1.54, 1.807) is 18.2 Å². The highest BCUT2D eigenvalue weighted by Crippen LogP contribution is 2.00. The van der Waals surface area contributed by atoms with Crippen LogP contribution < -0.4 is 0 Å². The molecule has 2 nitrogen and oxygen atoms in total. The van der Waals surface area contributed by atoms with Crippen molar-refractivity contribution in [2.45, 2.75) is 6.42 Å². The Bertz CT molecular complexity index is 410. The molecule has 0 saturated heterocycles. The molecule has 0 aliphatic rings. The van der Waals surface area contributed by atoms with Crippen LogP contribution in [0.25, 0.3) is 6.08 Å². The van der Waals surface area contributed by atoms with E-state index in [0.717, 1.165) is 5.56 Å². The van der Waals surface area contributed by atoms with Gasteiger partial charge >= 0.3 is 0 Å². The Balaban J connectivity index is 2.47. The van der Waals surface area contributed by atoms with Gasteiger partial charge in [0.15, 0.2) is 5.78 Å². The lowest BCUT2D eigenvalue weighted by Crippen LogP contribution is -1.87. The molecule has 1 aromatic rings. The maximum atomic E-state index is 10.9. The van der Waals surface area contributed by atoms with Crippen LogP contribution in [0.4, 0.5) is 0 Å². The maximum absolute atomic E-state index is 10.9. The van der Waals surface area contributed by atoms with Gasteiger partial charge < -0.3 is 0 Å². The summed E-state index contributed by atoms with van der Waals surface area (Å²) in [6, 6.07) is 11.6. The summed E-state index contributed by atoms with van der Waals surface area (Å²) in [6.45, 7) is 0. The Labute approximate surface area is 89.2 Å². The first-order valence-electron chi connectivity index (χ1n) is 4.62. The number of nitriles is 1. The van der Waals surface area contributed by atoms with E-state index >= 15 is 0 Å². The number of hydrogen-bond donors (Lipinski definition) is 0. The topological polar surface area (TPSA) is 40.9 Å². The Morgan fingerprint density at radius 1 is 1.27 bits per heavy atom. The van der Waals surface area contributed by atoms with E-state index in [1.165, 1.54) is 6.08 Å². The molecule has 0 spiro atoms. The van der Waals surface area contributed by atoms with Gasteiger partial charge in [0.25, 0.3) is 0 Å². The van der Waals surface area contributed by atoms with Crippen LogP contribution in [0.5, 0.6) is 0 Å². The maximum Gasteiger partial charge on any atom is 0.169 e. The molecule has 0 aliphatic heterocycles. The predicted octanol–water partition coefficient (Wildman–Crippen LogP) is 2.74. The van der Waals surface area contributed by atoms with Gasteiger partial charge in [0.2, 0.25) is 0 Å². The fourth-order valence-electron chi connectivity index (χ4n) is 1.03. The zero-order valence-corrected chi connectivity index (χ0v) is 8.26. The lowest BCUT2D eigenvalue weighted by atomic mass is 10.2. The number of allylic oxidation sites excluding steroid dienone is 3. The summed E-state index contributed by atoms with van der Waals surface area (Å²) >= 11 is 0. The molecule has 2 heteroatoms. The Morgan fingerprint density at radius 2 is 2.00 bits per heavy atom. The van der Waals surface area contributed by atoms with Crippen molar-refractivity contribution in [3.8, 4) is 6.07 Å². The molecule has 74 valence electrons. The average Bonchev–Trinajstić information content (AvgIpc) is 2.26. The SMILES string of the molecule is N#CCC(=O)/C=C/C=C/c1ccccc1. The molecule has 1 aromatic carbocycles. The van der Waals surface area contributed by atoms with Gasteiger partial charge in [-0.3, -0.25) is 4.79 Å². The van der Waals surface area contributed by atoms with E-state index in [-0.39, 0.29) is 12.2 Å². The summed E-state index contributed by atoms with van der Waals surface area (Å²) in [5.41, 5.74) is 1.08. The van der Waals surface area contributed by atoms with Crippen molar-refractivity contribution in [3.63, 3.8) is 0 Å². The lowest BCUT2D eigenvalue weighted by molar-refractivity contribution is -0.113. The second-order valence-electron chi connectivity index (χ2n) is 2.93. The van der Waals surface area contributed by atoms with E-state index < -0.39 is 0 Å². The third-order valence-corrected chi connectivity index (χ3v) is 1.73. The van der Waals surface area contributed by atoms with Crippen LogP contribution in [0.15, 0.2) is 48.6 Å². The van der Waals surface area contributed by atoms with Crippen molar-refractivity contribution in [1.82, 2.24) is 0 Å². The van der Waals surface area contributed by atoms with E-state index in [2.05, 4.69) is 0 Å². The van der Waals surface area contributed by atoms with E-state index in [4.69, 9.17) is 5.26 Å². The van der Waals surface area contributed by atoms with Gasteiger partial charge in [-0.15, -0.1) is 0 Å². The molecule has 0 unspecified atom stereocenters. The fourth-order valence-corrected chi connectivity index (χ4v) is 1.03. The highest BCUT2D eigenvalue weighted by atomic mass is 16.1. The summed E-state index contributed by atoms with van der Waals surface area (Å²) in [6.07, 6.45) is 6.67. The molecule has 0 aromatic heterocycles. The molecule has 0 atom stereocenters. The fraction of sp³-hybridized carbons (Fsp3) is 0.0769. The number of nitrogens with zero attached hydrogens (tertiary/aromatic N) is 1. The third kappa shape index (κ3) is 4.58. The molecule has 0 N–H and O–H groups in total. The Morgan fingerprint density at radius 3 is 2.67 bits per heavy atom.